The van der Waals surface area contributed by atoms with Crippen LogP contribution in [0.4, 0.5) is 0 Å². The van der Waals surface area contributed by atoms with Gasteiger partial charge in [-0.25, -0.2) is 0 Å². The molecule has 0 fully saturated rings. The van der Waals surface area contributed by atoms with Crippen molar-refractivity contribution in [2.75, 3.05) is 19.7 Å². The van der Waals surface area contributed by atoms with E-state index in [1.807, 2.05) is 0 Å². The molecule has 20 heavy (non-hydrogen) atoms. The Hall–Kier alpha value is -1.10. The minimum atomic E-state index is -0.862. The number of nitrogens with zero attached hydrogens (tertiary/aromatic N) is 1. The van der Waals surface area contributed by atoms with Crippen molar-refractivity contribution < 1.29 is 19.8 Å². The van der Waals surface area contributed by atoms with Crippen LogP contribution in [0, 0.1) is 0 Å². The lowest BCUT2D eigenvalue weighted by Gasteiger charge is -2.22. The van der Waals surface area contributed by atoms with Crippen molar-refractivity contribution in [2.24, 2.45) is 0 Å². The van der Waals surface area contributed by atoms with Gasteiger partial charge in [0.1, 0.15) is 0 Å². The number of hydrogen-bond donors (Lipinski definition) is 2. The van der Waals surface area contributed by atoms with Crippen LogP contribution in [-0.4, -0.2) is 46.7 Å². The Bertz CT molecular complexity index is 269. The maximum absolute atomic E-state index is 12.0. The predicted molar refractivity (Wildman–Crippen MR) is 78.5 cm³/mol. The molecule has 0 aliphatic carbocycles. The average molecular weight is 287 g/mol. The summed E-state index contributed by atoms with van der Waals surface area (Å²) in [6.07, 6.45) is 7.01. The van der Waals surface area contributed by atoms with Crippen LogP contribution >= 0.6 is 0 Å². The Morgan fingerprint density at radius 1 is 0.900 bits per heavy atom. The van der Waals surface area contributed by atoms with Gasteiger partial charge in [0.05, 0.1) is 0 Å². The van der Waals surface area contributed by atoms with Gasteiger partial charge >= 0.3 is 5.97 Å². The molecule has 0 bridgehead atoms. The number of carboxylic acids is 1. The fraction of sp³-hybridized carbons (Fsp3) is 0.867. The summed E-state index contributed by atoms with van der Waals surface area (Å²) in [5, 5.41) is 17.4. The Labute approximate surface area is 122 Å². The Morgan fingerprint density at radius 2 is 1.55 bits per heavy atom. The van der Waals surface area contributed by atoms with Gasteiger partial charge in [-0.15, -0.1) is 0 Å². The van der Waals surface area contributed by atoms with E-state index in [-0.39, 0.29) is 25.4 Å². The van der Waals surface area contributed by atoms with Gasteiger partial charge in [0.25, 0.3) is 0 Å². The highest BCUT2D eigenvalue weighted by molar-refractivity contribution is 5.77. The molecule has 0 aromatic rings. The third-order valence-corrected chi connectivity index (χ3v) is 3.25. The number of carboxylic acid groups (broad SMARTS) is 1. The summed E-state index contributed by atoms with van der Waals surface area (Å²) in [7, 11) is 0. The molecular formula is C15H29NO4. The van der Waals surface area contributed by atoms with Crippen molar-refractivity contribution >= 4 is 11.9 Å². The molecule has 1 amide bonds. The van der Waals surface area contributed by atoms with Crippen LogP contribution in [0.3, 0.4) is 0 Å². The molecule has 0 saturated heterocycles. The summed E-state index contributed by atoms with van der Waals surface area (Å²) in [4.78, 5) is 24.2. The first-order chi connectivity index (χ1) is 9.61. The molecule has 0 aliphatic heterocycles. The molecule has 0 aromatic heterocycles. The lowest BCUT2D eigenvalue weighted by Crippen LogP contribution is -2.33. The van der Waals surface area contributed by atoms with Crippen LogP contribution in [0.5, 0.6) is 0 Å². The van der Waals surface area contributed by atoms with Crippen molar-refractivity contribution in [1.82, 2.24) is 4.90 Å². The van der Waals surface area contributed by atoms with Crippen molar-refractivity contribution in [3.8, 4) is 0 Å². The summed E-state index contributed by atoms with van der Waals surface area (Å²) in [5.74, 6) is -0.852. The maximum atomic E-state index is 12.0. The molecule has 0 spiro atoms. The zero-order valence-electron chi connectivity index (χ0n) is 12.6. The zero-order chi connectivity index (χ0) is 15.2. The lowest BCUT2D eigenvalue weighted by atomic mass is 10.1. The minimum Gasteiger partial charge on any atom is -0.481 e. The van der Waals surface area contributed by atoms with Crippen molar-refractivity contribution in [2.45, 2.75) is 64.7 Å². The number of aliphatic hydroxyl groups is 1. The van der Waals surface area contributed by atoms with E-state index in [9.17, 15) is 9.59 Å². The second-order valence-electron chi connectivity index (χ2n) is 5.12. The number of unbranched alkanes of at least 4 members (excludes halogenated alkanes) is 4. The highest BCUT2D eigenvalue weighted by Gasteiger charge is 2.13. The smallest absolute Gasteiger partial charge is 0.303 e. The van der Waals surface area contributed by atoms with E-state index in [0.717, 1.165) is 19.4 Å². The van der Waals surface area contributed by atoms with Gasteiger partial charge in [-0.05, 0) is 19.3 Å². The van der Waals surface area contributed by atoms with Crippen molar-refractivity contribution in [3.63, 3.8) is 0 Å². The molecule has 5 nitrogen and oxygen atoms in total. The SMILES string of the molecule is CCCCCCCN(CCCO)C(=O)CCCC(=O)O. The topological polar surface area (TPSA) is 77.8 Å². The highest BCUT2D eigenvalue weighted by atomic mass is 16.4. The third kappa shape index (κ3) is 10.8. The maximum Gasteiger partial charge on any atom is 0.303 e. The molecule has 5 heteroatoms. The van der Waals surface area contributed by atoms with E-state index in [1.165, 1.54) is 19.3 Å². The van der Waals surface area contributed by atoms with Crippen LogP contribution in [0.2, 0.25) is 0 Å². The lowest BCUT2D eigenvalue weighted by molar-refractivity contribution is -0.137. The molecule has 0 aromatic carbocycles. The molecule has 0 heterocycles. The van der Waals surface area contributed by atoms with Crippen LogP contribution in [-0.2, 0) is 9.59 Å². The van der Waals surface area contributed by atoms with Crippen LogP contribution < -0.4 is 0 Å². The fourth-order valence-electron chi connectivity index (χ4n) is 2.08. The Balaban J connectivity index is 3.97. The molecule has 118 valence electrons. The number of carbonyl (C=O) groups excluding carboxylic acids is 1. The number of aliphatic hydroxyl groups excluding tert-OH is 1. The number of amides is 1. The van der Waals surface area contributed by atoms with Crippen molar-refractivity contribution in [1.29, 1.82) is 0 Å². The first-order valence-corrected chi connectivity index (χ1v) is 7.72. The van der Waals surface area contributed by atoms with Gasteiger partial charge in [0.2, 0.25) is 5.91 Å². The summed E-state index contributed by atoms with van der Waals surface area (Å²) in [6, 6.07) is 0. The quantitative estimate of drug-likeness (QED) is 0.510. The van der Waals surface area contributed by atoms with Gasteiger partial charge in [-0.2, -0.15) is 0 Å². The Morgan fingerprint density at radius 3 is 2.15 bits per heavy atom. The summed E-state index contributed by atoms with van der Waals surface area (Å²) in [6.45, 7) is 3.53. The van der Waals surface area contributed by atoms with E-state index in [4.69, 9.17) is 10.2 Å². The Kier molecular flexibility index (Phi) is 12.2. The standard InChI is InChI=1S/C15H29NO4/c1-2-3-4-5-6-11-16(12-8-13-17)14(18)9-7-10-15(19)20/h17H,2-13H2,1H3,(H,19,20). The van der Waals surface area contributed by atoms with E-state index < -0.39 is 5.97 Å². The molecular weight excluding hydrogens is 258 g/mol. The normalized spacial score (nSPS) is 10.5. The monoisotopic (exact) mass is 287 g/mol. The molecule has 2 N–H and O–H groups in total. The second kappa shape index (κ2) is 12.9. The van der Waals surface area contributed by atoms with Gasteiger partial charge in [0, 0.05) is 32.5 Å². The summed E-state index contributed by atoms with van der Waals surface area (Å²) < 4.78 is 0. The van der Waals surface area contributed by atoms with E-state index in [1.54, 1.807) is 4.90 Å². The summed E-state index contributed by atoms with van der Waals surface area (Å²) in [5.41, 5.74) is 0. The van der Waals surface area contributed by atoms with E-state index in [2.05, 4.69) is 6.92 Å². The average Bonchev–Trinajstić information content (AvgIpc) is 2.41. The van der Waals surface area contributed by atoms with Crippen molar-refractivity contribution in [3.05, 3.63) is 0 Å². The van der Waals surface area contributed by atoms with Gasteiger partial charge in [-0.1, -0.05) is 32.6 Å². The number of hydrogen-bond acceptors (Lipinski definition) is 3. The largest absolute Gasteiger partial charge is 0.481 e. The van der Waals surface area contributed by atoms with Crippen LogP contribution in [0.25, 0.3) is 0 Å². The van der Waals surface area contributed by atoms with Gasteiger partial charge in [-0.3, -0.25) is 9.59 Å². The number of carbonyl (C=O) groups is 2. The van der Waals surface area contributed by atoms with E-state index in [0.29, 0.717) is 19.4 Å². The fourth-order valence-corrected chi connectivity index (χ4v) is 2.08. The zero-order valence-corrected chi connectivity index (χ0v) is 12.6. The molecule has 0 aliphatic rings. The molecule has 0 unspecified atom stereocenters. The van der Waals surface area contributed by atoms with Gasteiger partial charge in [0.15, 0.2) is 0 Å². The first kappa shape index (κ1) is 18.9. The van der Waals surface area contributed by atoms with E-state index >= 15 is 0 Å². The first-order valence-electron chi connectivity index (χ1n) is 7.72. The highest BCUT2D eigenvalue weighted by Crippen LogP contribution is 2.07. The third-order valence-electron chi connectivity index (χ3n) is 3.25. The number of rotatable bonds is 13. The minimum absolute atomic E-state index is 0.00944. The van der Waals surface area contributed by atoms with Gasteiger partial charge < -0.3 is 15.1 Å². The van der Waals surface area contributed by atoms with Crippen LogP contribution in [0.1, 0.15) is 64.7 Å². The second-order valence-corrected chi connectivity index (χ2v) is 5.12. The number of aliphatic carboxylic acids is 1. The molecule has 0 atom stereocenters. The summed E-state index contributed by atoms with van der Waals surface area (Å²) >= 11 is 0. The predicted octanol–water partition coefficient (Wildman–Crippen LogP) is 2.42. The molecule has 0 radical (unpaired) electrons. The van der Waals surface area contributed by atoms with Crippen LogP contribution in [0.15, 0.2) is 0 Å². The molecule has 0 saturated carbocycles. The molecule has 0 rings (SSSR count).